The number of fused-ring (bicyclic) bond motifs is 1. The molecule has 1 aromatic heterocycles. The zero-order chi connectivity index (χ0) is 21.3. The molecule has 0 saturated carbocycles. The first kappa shape index (κ1) is 19.8. The maximum Gasteiger partial charge on any atom is 0.364 e. The van der Waals surface area contributed by atoms with Gasteiger partial charge < -0.3 is 9.64 Å². The van der Waals surface area contributed by atoms with Crippen LogP contribution in [0.2, 0.25) is 0 Å². The molecule has 0 radical (unpaired) electrons. The summed E-state index contributed by atoms with van der Waals surface area (Å²) in [5.41, 5.74) is 0.659. The molecule has 0 bridgehead atoms. The second-order valence-corrected chi connectivity index (χ2v) is 7.81. The van der Waals surface area contributed by atoms with Gasteiger partial charge in [0, 0.05) is 30.6 Å². The molecule has 1 amide bonds. The van der Waals surface area contributed by atoms with Crippen LogP contribution in [0.3, 0.4) is 0 Å². The van der Waals surface area contributed by atoms with Gasteiger partial charge in [-0.15, -0.1) is 0 Å². The Balaban J connectivity index is 1.64. The summed E-state index contributed by atoms with van der Waals surface area (Å²) >= 11 is 0. The minimum absolute atomic E-state index is 0.0998. The molecule has 1 saturated heterocycles. The van der Waals surface area contributed by atoms with E-state index in [0.717, 1.165) is 12.1 Å². The number of rotatable bonds is 5. The highest BCUT2D eigenvalue weighted by Gasteiger charge is 2.22. The van der Waals surface area contributed by atoms with Crippen molar-refractivity contribution >= 4 is 28.3 Å². The summed E-state index contributed by atoms with van der Waals surface area (Å²) in [6.45, 7) is 5.07. The fourth-order valence-corrected chi connectivity index (χ4v) is 3.63. The zero-order valence-electron chi connectivity index (χ0n) is 17.0. The molecule has 30 heavy (non-hydrogen) atoms. The summed E-state index contributed by atoms with van der Waals surface area (Å²) in [7, 11) is 0. The Kier molecular flexibility index (Phi) is 5.35. The minimum atomic E-state index is -0.631. The first-order valence-corrected chi connectivity index (χ1v) is 10.1. The van der Waals surface area contributed by atoms with E-state index in [1.54, 1.807) is 53.4 Å². The van der Waals surface area contributed by atoms with Crippen LogP contribution in [-0.4, -0.2) is 28.2 Å². The van der Waals surface area contributed by atoms with E-state index in [4.69, 9.17) is 4.74 Å². The Morgan fingerprint density at radius 1 is 1.07 bits per heavy atom. The quantitative estimate of drug-likeness (QED) is 0.480. The Hall–Kier alpha value is -3.48. The Morgan fingerprint density at radius 2 is 1.77 bits per heavy atom. The lowest BCUT2D eigenvalue weighted by Gasteiger charge is -2.16. The van der Waals surface area contributed by atoms with Gasteiger partial charge in [0.25, 0.3) is 5.56 Å². The Labute approximate surface area is 173 Å². The summed E-state index contributed by atoms with van der Waals surface area (Å²) in [6.07, 6.45) is 1.40. The number of hydrogen-bond donors (Lipinski definition) is 0. The lowest BCUT2D eigenvalue weighted by molar-refractivity contribution is -0.117. The van der Waals surface area contributed by atoms with Gasteiger partial charge in [-0.05, 0) is 42.7 Å². The summed E-state index contributed by atoms with van der Waals surface area (Å²) in [4.78, 5) is 39.2. The molecular weight excluding hydrogens is 382 g/mol. The summed E-state index contributed by atoms with van der Waals surface area (Å²) < 4.78 is 6.86. The third-order valence-corrected chi connectivity index (χ3v) is 5.03. The number of esters is 1. The predicted molar refractivity (Wildman–Crippen MR) is 114 cm³/mol. The fourth-order valence-electron chi connectivity index (χ4n) is 3.63. The molecule has 0 spiro atoms. The molecule has 1 fully saturated rings. The number of ether oxygens (including phenoxy) is 1. The van der Waals surface area contributed by atoms with Gasteiger partial charge in [0.2, 0.25) is 5.91 Å². The molecule has 0 aliphatic carbocycles. The van der Waals surface area contributed by atoms with Gasteiger partial charge in [0.1, 0.15) is 5.75 Å². The molecule has 3 aromatic rings. The maximum absolute atomic E-state index is 12.9. The number of anilines is 1. The molecule has 4 rings (SSSR count). The molecule has 0 unspecified atom stereocenters. The highest BCUT2D eigenvalue weighted by molar-refractivity contribution is 6.03. The van der Waals surface area contributed by atoms with E-state index in [9.17, 15) is 14.4 Å². The third kappa shape index (κ3) is 3.83. The van der Waals surface area contributed by atoms with Crippen LogP contribution in [0.1, 0.15) is 37.2 Å². The van der Waals surface area contributed by atoms with Crippen LogP contribution in [0, 0.1) is 5.92 Å². The SMILES string of the molecule is CC(C)Cn1nc(C(=O)Oc2ccc(N3CCCC3=O)cc2)c2ccccc2c1=O. The van der Waals surface area contributed by atoms with Crippen LogP contribution in [0.5, 0.6) is 5.75 Å². The monoisotopic (exact) mass is 405 g/mol. The average molecular weight is 405 g/mol. The summed E-state index contributed by atoms with van der Waals surface area (Å²) in [5, 5.41) is 5.20. The van der Waals surface area contributed by atoms with Gasteiger partial charge in [-0.1, -0.05) is 32.0 Å². The minimum Gasteiger partial charge on any atom is -0.422 e. The lowest BCUT2D eigenvalue weighted by Crippen LogP contribution is -2.28. The van der Waals surface area contributed by atoms with E-state index in [2.05, 4.69) is 5.10 Å². The molecule has 1 aliphatic heterocycles. The molecule has 0 N–H and O–H groups in total. The maximum atomic E-state index is 12.9. The predicted octanol–water partition coefficient (Wildman–Crippen LogP) is 3.40. The van der Waals surface area contributed by atoms with Crippen molar-refractivity contribution in [1.82, 2.24) is 9.78 Å². The fraction of sp³-hybridized carbons (Fsp3) is 0.304. The number of amides is 1. The highest BCUT2D eigenvalue weighted by Crippen LogP contribution is 2.24. The van der Waals surface area contributed by atoms with E-state index >= 15 is 0 Å². The number of carbonyl (C=O) groups excluding carboxylic acids is 2. The normalized spacial score (nSPS) is 14.0. The van der Waals surface area contributed by atoms with Gasteiger partial charge >= 0.3 is 5.97 Å². The number of hydrogen-bond acceptors (Lipinski definition) is 5. The smallest absolute Gasteiger partial charge is 0.364 e. The van der Waals surface area contributed by atoms with E-state index in [1.165, 1.54) is 4.68 Å². The number of benzene rings is 2. The van der Waals surface area contributed by atoms with Crippen LogP contribution >= 0.6 is 0 Å². The van der Waals surface area contributed by atoms with Crippen molar-refractivity contribution < 1.29 is 14.3 Å². The third-order valence-electron chi connectivity index (χ3n) is 5.03. The first-order valence-electron chi connectivity index (χ1n) is 10.1. The van der Waals surface area contributed by atoms with E-state index < -0.39 is 5.97 Å². The molecule has 1 aliphatic rings. The standard InChI is InChI=1S/C23H23N3O4/c1-15(2)14-26-22(28)19-7-4-3-6-18(19)21(24-26)23(29)30-17-11-9-16(10-12-17)25-13-5-8-20(25)27/h3-4,6-7,9-12,15H,5,8,13-14H2,1-2H3. The Bertz CT molecular complexity index is 1170. The van der Waals surface area contributed by atoms with E-state index in [1.807, 2.05) is 13.8 Å². The van der Waals surface area contributed by atoms with E-state index in [-0.39, 0.29) is 23.1 Å². The van der Waals surface area contributed by atoms with Crippen molar-refractivity contribution in [3.05, 3.63) is 64.6 Å². The molecule has 2 heterocycles. The molecule has 0 atom stereocenters. The largest absolute Gasteiger partial charge is 0.422 e. The summed E-state index contributed by atoms with van der Waals surface area (Å²) in [6, 6.07) is 13.7. The second kappa shape index (κ2) is 8.10. The second-order valence-electron chi connectivity index (χ2n) is 7.81. The van der Waals surface area contributed by atoms with Crippen molar-refractivity contribution in [3.8, 4) is 5.75 Å². The molecule has 2 aromatic carbocycles. The Morgan fingerprint density at radius 3 is 2.40 bits per heavy atom. The van der Waals surface area contributed by atoms with Crippen molar-refractivity contribution in [3.63, 3.8) is 0 Å². The van der Waals surface area contributed by atoms with Crippen LogP contribution in [0.15, 0.2) is 53.3 Å². The zero-order valence-corrected chi connectivity index (χ0v) is 17.0. The highest BCUT2D eigenvalue weighted by atomic mass is 16.5. The van der Waals surface area contributed by atoms with Crippen molar-refractivity contribution in [2.45, 2.75) is 33.2 Å². The number of carbonyl (C=O) groups is 2. The molecule has 7 nitrogen and oxygen atoms in total. The average Bonchev–Trinajstić information content (AvgIpc) is 3.16. The topological polar surface area (TPSA) is 81.5 Å². The van der Waals surface area contributed by atoms with Crippen LogP contribution in [0.25, 0.3) is 10.8 Å². The number of nitrogens with zero attached hydrogens (tertiary/aromatic N) is 3. The van der Waals surface area contributed by atoms with Crippen LogP contribution in [0.4, 0.5) is 5.69 Å². The summed E-state index contributed by atoms with van der Waals surface area (Å²) in [5.74, 6) is 0.0143. The van der Waals surface area contributed by atoms with Gasteiger partial charge in [-0.2, -0.15) is 5.10 Å². The van der Waals surface area contributed by atoms with Gasteiger partial charge in [0.05, 0.1) is 5.39 Å². The van der Waals surface area contributed by atoms with Gasteiger partial charge in [0.15, 0.2) is 5.69 Å². The van der Waals surface area contributed by atoms with Crippen molar-refractivity contribution in [2.75, 3.05) is 11.4 Å². The molecular formula is C23H23N3O4. The van der Waals surface area contributed by atoms with E-state index in [0.29, 0.717) is 36.0 Å². The lowest BCUT2D eigenvalue weighted by atomic mass is 10.1. The van der Waals surface area contributed by atoms with Crippen LogP contribution < -0.4 is 15.2 Å². The number of aromatic nitrogens is 2. The van der Waals surface area contributed by atoms with Crippen molar-refractivity contribution in [1.29, 1.82) is 0 Å². The van der Waals surface area contributed by atoms with Gasteiger partial charge in [-0.3, -0.25) is 9.59 Å². The molecule has 154 valence electrons. The first-order chi connectivity index (χ1) is 14.4. The van der Waals surface area contributed by atoms with Gasteiger partial charge in [-0.25, -0.2) is 9.48 Å². The molecule has 7 heteroatoms. The van der Waals surface area contributed by atoms with Crippen LogP contribution in [-0.2, 0) is 11.3 Å². The van der Waals surface area contributed by atoms with Crippen molar-refractivity contribution in [2.24, 2.45) is 5.92 Å².